The predicted octanol–water partition coefficient (Wildman–Crippen LogP) is 3.45. The van der Waals surface area contributed by atoms with Gasteiger partial charge in [0, 0.05) is 11.9 Å². The van der Waals surface area contributed by atoms with Gasteiger partial charge in [-0.2, -0.15) is 0 Å². The van der Waals surface area contributed by atoms with Crippen LogP contribution in [-0.4, -0.2) is 22.9 Å². The molecule has 1 atom stereocenters. The summed E-state index contributed by atoms with van der Waals surface area (Å²) in [5.74, 6) is 1.44. The topological polar surface area (TPSA) is 67.6 Å². The van der Waals surface area contributed by atoms with Crippen LogP contribution in [0.4, 0.5) is 5.69 Å². The number of carbonyl (C=O) groups is 1. The van der Waals surface area contributed by atoms with Crippen LogP contribution in [0.15, 0.2) is 65.4 Å². The van der Waals surface area contributed by atoms with E-state index < -0.39 is 0 Å². The predicted molar refractivity (Wildman–Crippen MR) is 92.2 cm³/mol. The van der Waals surface area contributed by atoms with Gasteiger partial charge in [-0.1, -0.05) is 0 Å². The molecule has 0 saturated carbocycles. The molecule has 6 nitrogen and oxygen atoms in total. The standard InChI is InChI=1S/C19H17N3O3/c1-24-14-8-6-13(7-9-14)21-18-17-16(5-2-10-20-17)19(23)22(18)12-15-4-3-11-25-15/h2-11,18,21H,12H2,1H3. The zero-order chi connectivity index (χ0) is 17.2. The summed E-state index contributed by atoms with van der Waals surface area (Å²) in [7, 11) is 1.63. The molecule has 0 radical (unpaired) electrons. The van der Waals surface area contributed by atoms with Crippen LogP contribution in [0.25, 0.3) is 0 Å². The maximum atomic E-state index is 12.8. The number of amides is 1. The van der Waals surface area contributed by atoms with Gasteiger partial charge in [-0.25, -0.2) is 0 Å². The first-order valence-corrected chi connectivity index (χ1v) is 7.95. The number of hydrogen-bond acceptors (Lipinski definition) is 5. The number of aromatic nitrogens is 1. The van der Waals surface area contributed by atoms with Crippen molar-refractivity contribution < 1.29 is 13.9 Å². The Hall–Kier alpha value is -3.28. The van der Waals surface area contributed by atoms with Gasteiger partial charge < -0.3 is 19.4 Å². The number of methoxy groups -OCH3 is 1. The molecule has 126 valence electrons. The normalized spacial score (nSPS) is 16.0. The number of nitrogens with zero attached hydrogens (tertiary/aromatic N) is 2. The molecule has 1 N–H and O–H groups in total. The Bertz CT molecular complexity index is 875. The van der Waals surface area contributed by atoms with Gasteiger partial charge in [-0.15, -0.1) is 0 Å². The molecular formula is C19H17N3O3. The molecule has 0 spiro atoms. The first kappa shape index (κ1) is 15.3. The Balaban J connectivity index is 1.66. The number of ether oxygens (including phenoxy) is 1. The van der Waals surface area contributed by atoms with Crippen LogP contribution in [0.2, 0.25) is 0 Å². The number of hydrogen-bond donors (Lipinski definition) is 1. The molecule has 0 saturated heterocycles. The van der Waals surface area contributed by atoms with E-state index in [2.05, 4.69) is 10.3 Å². The summed E-state index contributed by atoms with van der Waals surface area (Å²) >= 11 is 0. The highest BCUT2D eigenvalue weighted by Crippen LogP contribution is 2.34. The second-order valence-corrected chi connectivity index (χ2v) is 5.72. The van der Waals surface area contributed by atoms with Crippen molar-refractivity contribution in [2.75, 3.05) is 12.4 Å². The molecule has 1 aliphatic heterocycles. The van der Waals surface area contributed by atoms with E-state index in [0.717, 1.165) is 22.9 Å². The third-order valence-electron chi connectivity index (χ3n) is 4.20. The third kappa shape index (κ3) is 2.82. The first-order valence-electron chi connectivity index (χ1n) is 7.95. The van der Waals surface area contributed by atoms with Crippen molar-refractivity contribution in [3.8, 4) is 5.75 Å². The van der Waals surface area contributed by atoms with E-state index in [1.165, 1.54) is 0 Å². The van der Waals surface area contributed by atoms with Crippen molar-refractivity contribution in [3.05, 3.63) is 78.0 Å². The highest BCUT2D eigenvalue weighted by molar-refractivity contribution is 5.98. The number of carbonyl (C=O) groups excluding carboxylic acids is 1. The van der Waals surface area contributed by atoms with Crippen LogP contribution in [0.3, 0.4) is 0 Å². The Kier molecular flexibility index (Phi) is 3.85. The van der Waals surface area contributed by atoms with Gasteiger partial charge in [0.2, 0.25) is 0 Å². The largest absolute Gasteiger partial charge is 0.497 e. The molecule has 4 rings (SSSR count). The average molecular weight is 335 g/mol. The highest BCUT2D eigenvalue weighted by atomic mass is 16.5. The zero-order valence-electron chi connectivity index (χ0n) is 13.7. The van der Waals surface area contributed by atoms with Crippen molar-refractivity contribution in [2.45, 2.75) is 12.7 Å². The van der Waals surface area contributed by atoms with Gasteiger partial charge in [0.1, 0.15) is 17.7 Å². The molecule has 1 amide bonds. The average Bonchev–Trinajstić information content (AvgIpc) is 3.25. The first-order chi connectivity index (χ1) is 12.3. The Morgan fingerprint density at radius 3 is 2.76 bits per heavy atom. The smallest absolute Gasteiger partial charge is 0.258 e. The fraction of sp³-hybridized carbons (Fsp3) is 0.158. The molecule has 0 fully saturated rings. The number of rotatable bonds is 5. The summed E-state index contributed by atoms with van der Waals surface area (Å²) in [5.41, 5.74) is 2.21. The van der Waals surface area contributed by atoms with Crippen LogP contribution in [0, 0.1) is 0 Å². The van der Waals surface area contributed by atoms with E-state index in [9.17, 15) is 4.79 Å². The van der Waals surface area contributed by atoms with E-state index in [0.29, 0.717) is 12.1 Å². The van der Waals surface area contributed by atoms with Crippen molar-refractivity contribution in [1.82, 2.24) is 9.88 Å². The van der Waals surface area contributed by atoms with Crippen molar-refractivity contribution in [2.24, 2.45) is 0 Å². The van der Waals surface area contributed by atoms with Gasteiger partial charge in [0.05, 0.1) is 31.2 Å². The number of pyridine rings is 1. The van der Waals surface area contributed by atoms with Crippen LogP contribution in [0.1, 0.15) is 28.0 Å². The number of anilines is 1. The van der Waals surface area contributed by atoms with E-state index in [1.807, 2.05) is 36.4 Å². The molecule has 25 heavy (non-hydrogen) atoms. The third-order valence-corrected chi connectivity index (χ3v) is 4.20. The maximum Gasteiger partial charge on any atom is 0.258 e. The number of fused-ring (bicyclic) bond motifs is 1. The van der Waals surface area contributed by atoms with Gasteiger partial charge in [0.15, 0.2) is 0 Å². The lowest BCUT2D eigenvalue weighted by molar-refractivity contribution is 0.0714. The zero-order valence-corrected chi connectivity index (χ0v) is 13.7. The van der Waals surface area contributed by atoms with Gasteiger partial charge in [-0.3, -0.25) is 9.78 Å². The van der Waals surface area contributed by atoms with E-state index in [4.69, 9.17) is 9.15 Å². The molecule has 0 aliphatic carbocycles. The second kappa shape index (κ2) is 6.32. The van der Waals surface area contributed by atoms with Crippen molar-refractivity contribution in [1.29, 1.82) is 0 Å². The monoisotopic (exact) mass is 335 g/mol. The molecule has 1 aromatic carbocycles. The molecule has 3 heterocycles. The molecule has 3 aromatic rings. The van der Waals surface area contributed by atoms with E-state index >= 15 is 0 Å². The van der Waals surface area contributed by atoms with Gasteiger partial charge >= 0.3 is 0 Å². The molecule has 6 heteroatoms. The summed E-state index contributed by atoms with van der Waals surface area (Å²) in [6, 6.07) is 14.8. The highest BCUT2D eigenvalue weighted by Gasteiger charge is 2.38. The number of benzene rings is 1. The van der Waals surface area contributed by atoms with Gasteiger partial charge in [-0.05, 0) is 48.5 Å². The fourth-order valence-electron chi connectivity index (χ4n) is 2.96. The fourth-order valence-corrected chi connectivity index (χ4v) is 2.96. The number of nitrogens with one attached hydrogen (secondary N) is 1. The van der Waals surface area contributed by atoms with Crippen LogP contribution in [0.5, 0.6) is 5.75 Å². The summed E-state index contributed by atoms with van der Waals surface area (Å²) in [6.07, 6.45) is 2.94. The quantitative estimate of drug-likeness (QED) is 0.773. The minimum absolute atomic E-state index is 0.0643. The maximum absolute atomic E-state index is 12.8. The summed E-state index contributed by atoms with van der Waals surface area (Å²) < 4.78 is 10.6. The molecule has 2 aromatic heterocycles. The lowest BCUT2D eigenvalue weighted by Crippen LogP contribution is -2.31. The lowest BCUT2D eigenvalue weighted by atomic mass is 10.2. The van der Waals surface area contributed by atoms with Crippen molar-refractivity contribution >= 4 is 11.6 Å². The summed E-state index contributed by atoms with van der Waals surface area (Å²) in [4.78, 5) is 19.0. The van der Waals surface area contributed by atoms with Gasteiger partial charge in [0.25, 0.3) is 5.91 Å². The Morgan fingerprint density at radius 2 is 2.04 bits per heavy atom. The van der Waals surface area contributed by atoms with Crippen molar-refractivity contribution in [3.63, 3.8) is 0 Å². The Morgan fingerprint density at radius 1 is 1.20 bits per heavy atom. The van der Waals surface area contributed by atoms with E-state index in [-0.39, 0.29) is 12.1 Å². The lowest BCUT2D eigenvalue weighted by Gasteiger charge is -2.25. The van der Waals surface area contributed by atoms with Crippen LogP contribution >= 0.6 is 0 Å². The SMILES string of the molecule is COc1ccc(NC2c3ncccc3C(=O)N2Cc2ccco2)cc1. The minimum Gasteiger partial charge on any atom is -0.497 e. The second-order valence-electron chi connectivity index (χ2n) is 5.72. The number of furan rings is 1. The molecule has 0 bridgehead atoms. The summed E-state index contributed by atoms with van der Waals surface area (Å²) in [6.45, 7) is 0.371. The minimum atomic E-state index is -0.359. The summed E-state index contributed by atoms with van der Waals surface area (Å²) in [5, 5.41) is 3.39. The van der Waals surface area contributed by atoms with Crippen LogP contribution < -0.4 is 10.1 Å². The molecular weight excluding hydrogens is 318 g/mol. The van der Waals surface area contributed by atoms with E-state index in [1.54, 1.807) is 36.6 Å². The van der Waals surface area contributed by atoms with Crippen LogP contribution in [-0.2, 0) is 6.54 Å². The molecule has 1 aliphatic rings. The Labute approximate surface area is 145 Å². The molecule has 1 unspecified atom stereocenters.